The van der Waals surface area contributed by atoms with E-state index in [0.717, 1.165) is 6.42 Å². The van der Waals surface area contributed by atoms with Crippen molar-refractivity contribution in [2.75, 3.05) is 0 Å². The first-order valence-electron chi connectivity index (χ1n) is 6.99. The van der Waals surface area contributed by atoms with Gasteiger partial charge in [-0.3, -0.25) is 0 Å². The maximum Gasteiger partial charge on any atom is 0.0250 e. The molecule has 2 heteroatoms. The van der Waals surface area contributed by atoms with Crippen LogP contribution in [-0.4, -0.2) is 0 Å². The lowest BCUT2D eigenvalue weighted by atomic mass is 9.98. The van der Waals surface area contributed by atoms with E-state index < -0.39 is 0 Å². The van der Waals surface area contributed by atoms with Crippen LogP contribution < -0.4 is 0 Å². The maximum atomic E-state index is 3.68. The van der Waals surface area contributed by atoms with E-state index in [4.69, 9.17) is 0 Å². The Morgan fingerprint density at radius 2 is 1.05 bits per heavy atom. The number of rotatable bonds is 2. The Morgan fingerprint density at radius 3 is 1.43 bits per heavy atom. The molecule has 0 saturated heterocycles. The fourth-order valence-electron chi connectivity index (χ4n) is 2.90. The molecule has 0 atom stereocenters. The Bertz CT molecular complexity index is 701. The summed E-state index contributed by atoms with van der Waals surface area (Å²) in [6.07, 6.45) is 0.989. The van der Waals surface area contributed by atoms with Crippen molar-refractivity contribution in [1.82, 2.24) is 0 Å². The predicted octanol–water partition coefficient (Wildman–Crippen LogP) is 6.86. The van der Waals surface area contributed by atoms with Crippen LogP contribution in [0.5, 0.6) is 0 Å². The molecule has 3 rings (SSSR count). The number of halogens is 2. The highest BCUT2D eigenvalue weighted by atomic mass is 79.9. The number of hydrogen-bond donors (Lipinski definition) is 0. The Hall–Kier alpha value is -1.12. The van der Waals surface area contributed by atoms with E-state index in [2.05, 4.69) is 94.2 Å². The van der Waals surface area contributed by atoms with E-state index in [0.29, 0.717) is 0 Å². The lowest BCUT2D eigenvalue weighted by molar-refractivity contribution is 1.38. The van der Waals surface area contributed by atoms with E-state index in [-0.39, 0.29) is 0 Å². The molecule has 2 aromatic rings. The summed E-state index contributed by atoms with van der Waals surface area (Å²) < 4.78 is 2.33. The van der Waals surface area contributed by atoms with Crippen molar-refractivity contribution < 1.29 is 0 Å². The first kappa shape index (κ1) is 14.8. The Labute approximate surface area is 142 Å². The zero-order valence-corrected chi connectivity index (χ0v) is 15.3. The van der Waals surface area contributed by atoms with Gasteiger partial charge < -0.3 is 0 Å². The summed E-state index contributed by atoms with van der Waals surface area (Å²) in [5.74, 6) is 0. The molecule has 0 fully saturated rings. The molecular formula is C19H16Br2. The van der Waals surface area contributed by atoms with Crippen molar-refractivity contribution in [2.45, 2.75) is 20.3 Å². The molecule has 0 saturated carbocycles. The molecule has 0 heterocycles. The van der Waals surface area contributed by atoms with E-state index in [1.165, 1.54) is 42.4 Å². The average molecular weight is 404 g/mol. The van der Waals surface area contributed by atoms with Gasteiger partial charge in [-0.25, -0.2) is 0 Å². The van der Waals surface area contributed by atoms with Crippen LogP contribution in [0.2, 0.25) is 0 Å². The summed E-state index contributed by atoms with van der Waals surface area (Å²) in [6, 6.07) is 16.9. The molecule has 2 aromatic carbocycles. The van der Waals surface area contributed by atoms with Gasteiger partial charge in [0, 0.05) is 8.95 Å². The zero-order valence-electron chi connectivity index (χ0n) is 12.1. The largest absolute Gasteiger partial charge is 0.0616 e. The van der Waals surface area contributed by atoms with Gasteiger partial charge in [-0.15, -0.1) is 0 Å². The molecule has 0 aromatic heterocycles. The number of benzene rings is 2. The van der Waals surface area contributed by atoms with Crippen molar-refractivity contribution >= 4 is 43.0 Å². The standard InChI is InChI=1S/C19H16Br2/c1-12-13(2)17(15-8-4-6-10-19(15)21)11-16(12)14-7-3-5-9-18(14)20/h3-10H,11H2,1-2H3. The molecule has 0 unspecified atom stereocenters. The first-order chi connectivity index (χ1) is 10.1. The maximum absolute atomic E-state index is 3.68. The monoisotopic (exact) mass is 402 g/mol. The smallest absolute Gasteiger partial charge is 0.0250 e. The summed E-state index contributed by atoms with van der Waals surface area (Å²) in [5, 5.41) is 0. The van der Waals surface area contributed by atoms with E-state index in [1.807, 2.05) is 0 Å². The van der Waals surface area contributed by atoms with Crippen LogP contribution in [-0.2, 0) is 0 Å². The second-order valence-electron chi connectivity index (χ2n) is 5.34. The van der Waals surface area contributed by atoms with Gasteiger partial charge in [-0.2, -0.15) is 0 Å². The number of allylic oxidation sites excluding steroid dienone is 4. The van der Waals surface area contributed by atoms with Gasteiger partial charge in [0.25, 0.3) is 0 Å². The minimum Gasteiger partial charge on any atom is -0.0616 e. The topological polar surface area (TPSA) is 0 Å². The molecule has 1 aliphatic carbocycles. The van der Waals surface area contributed by atoms with Crippen LogP contribution in [0.1, 0.15) is 31.4 Å². The first-order valence-corrected chi connectivity index (χ1v) is 8.58. The fraction of sp³-hybridized carbons (Fsp3) is 0.158. The van der Waals surface area contributed by atoms with Crippen LogP contribution in [0.4, 0.5) is 0 Å². The van der Waals surface area contributed by atoms with Crippen molar-refractivity contribution in [3.8, 4) is 0 Å². The van der Waals surface area contributed by atoms with Crippen molar-refractivity contribution in [3.05, 3.63) is 79.7 Å². The highest BCUT2D eigenvalue weighted by molar-refractivity contribution is 9.10. The minimum atomic E-state index is 0.989. The van der Waals surface area contributed by atoms with Gasteiger partial charge in [0.2, 0.25) is 0 Å². The molecular weight excluding hydrogens is 388 g/mol. The molecule has 0 radical (unpaired) electrons. The zero-order chi connectivity index (χ0) is 15.0. The van der Waals surface area contributed by atoms with E-state index >= 15 is 0 Å². The van der Waals surface area contributed by atoms with Crippen LogP contribution in [0, 0.1) is 0 Å². The lowest BCUT2D eigenvalue weighted by Crippen LogP contribution is -1.88. The predicted molar refractivity (Wildman–Crippen MR) is 98.1 cm³/mol. The van der Waals surface area contributed by atoms with Crippen LogP contribution in [0.3, 0.4) is 0 Å². The second kappa shape index (κ2) is 5.94. The summed E-state index contributed by atoms with van der Waals surface area (Å²) in [4.78, 5) is 0. The average Bonchev–Trinajstić information content (AvgIpc) is 2.77. The SMILES string of the molecule is CC1=C(c2ccccc2Br)CC(c2ccccc2Br)=C1C. The highest BCUT2D eigenvalue weighted by Gasteiger charge is 2.23. The molecule has 21 heavy (non-hydrogen) atoms. The number of hydrogen-bond acceptors (Lipinski definition) is 0. The van der Waals surface area contributed by atoms with E-state index in [1.54, 1.807) is 0 Å². The molecule has 0 aliphatic heterocycles. The van der Waals surface area contributed by atoms with Crippen molar-refractivity contribution in [2.24, 2.45) is 0 Å². The van der Waals surface area contributed by atoms with Gasteiger partial charge in [0.1, 0.15) is 0 Å². The highest BCUT2D eigenvalue weighted by Crippen LogP contribution is 2.45. The molecule has 0 spiro atoms. The molecule has 0 nitrogen and oxygen atoms in total. The molecule has 106 valence electrons. The summed E-state index contributed by atoms with van der Waals surface area (Å²) in [6.45, 7) is 4.46. The van der Waals surface area contributed by atoms with Crippen molar-refractivity contribution in [1.29, 1.82) is 0 Å². The van der Waals surface area contributed by atoms with Gasteiger partial charge in [0.15, 0.2) is 0 Å². The van der Waals surface area contributed by atoms with Crippen LogP contribution in [0.15, 0.2) is 68.6 Å². The second-order valence-corrected chi connectivity index (χ2v) is 7.05. The van der Waals surface area contributed by atoms with Gasteiger partial charge in [0.05, 0.1) is 0 Å². The van der Waals surface area contributed by atoms with E-state index in [9.17, 15) is 0 Å². The van der Waals surface area contributed by atoms with Gasteiger partial charge >= 0.3 is 0 Å². The van der Waals surface area contributed by atoms with Gasteiger partial charge in [-0.05, 0) is 65.8 Å². The Kier molecular flexibility index (Phi) is 4.19. The molecule has 0 N–H and O–H groups in total. The van der Waals surface area contributed by atoms with Crippen LogP contribution in [0.25, 0.3) is 11.1 Å². The molecule has 0 bridgehead atoms. The Morgan fingerprint density at radius 1 is 0.667 bits per heavy atom. The summed E-state index contributed by atoms with van der Waals surface area (Å²) in [5.41, 5.74) is 8.24. The summed E-state index contributed by atoms with van der Waals surface area (Å²) >= 11 is 7.36. The quantitative estimate of drug-likeness (QED) is 0.513. The fourth-order valence-corrected chi connectivity index (χ4v) is 3.95. The normalized spacial score (nSPS) is 15.0. The third kappa shape index (κ3) is 2.67. The third-order valence-corrected chi connectivity index (χ3v) is 5.60. The summed E-state index contributed by atoms with van der Waals surface area (Å²) in [7, 11) is 0. The lowest BCUT2D eigenvalue weighted by Gasteiger charge is -2.10. The van der Waals surface area contributed by atoms with Crippen molar-refractivity contribution in [3.63, 3.8) is 0 Å². The van der Waals surface area contributed by atoms with Gasteiger partial charge in [-0.1, -0.05) is 68.3 Å². The molecule has 0 amide bonds. The molecule has 1 aliphatic rings. The minimum absolute atomic E-state index is 0.989. The third-order valence-electron chi connectivity index (χ3n) is 4.22. The van der Waals surface area contributed by atoms with Crippen LogP contribution >= 0.6 is 31.9 Å². The Balaban J connectivity index is 2.05.